The van der Waals surface area contributed by atoms with Crippen molar-refractivity contribution in [2.24, 2.45) is 0 Å². The molecule has 0 atom stereocenters. The smallest absolute Gasteiger partial charge is 0.416 e. The highest BCUT2D eigenvalue weighted by atomic mass is 32.1. The molecule has 0 aliphatic heterocycles. The fourth-order valence-electron chi connectivity index (χ4n) is 2.64. The number of para-hydroxylation sites is 1. The maximum Gasteiger partial charge on any atom is 0.416 e. The molecule has 0 aliphatic rings. The summed E-state index contributed by atoms with van der Waals surface area (Å²) >= 11 is 5.14. The van der Waals surface area contributed by atoms with Crippen molar-refractivity contribution in [3.8, 4) is 5.75 Å². The number of alkyl halides is 3. The van der Waals surface area contributed by atoms with Crippen molar-refractivity contribution >= 4 is 34.7 Å². The summed E-state index contributed by atoms with van der Waals surface area (Å²) in [5, 5.41) is 12.3. The molecule has 0 bridgehead atoms. The third-order valence-electron chi connectivity index (χ3n) is 4.05. The van der Waals surface area contributed by atoms with E-state index in [2.05, 4.69) is 10.3 Å². The van der Waals surface area contributed by atoms with Crippen molar-refractivity contribution < 1.29 is 23.1 Å². The van der Waals surface area contributed by atoms with E-state index in [1.165, 1.54) is 4.57 Å². The third-order valence-corrected chi connectivity index (χ3v) is 4.37. The van der Waals surface area contributed by atoms with Gasteiger partial charge in [-0.1, -0.05) is 12.1 Å². The molecule has 0 spiro atoms. The van der Waals surface area contributed by atoms with E-state index in [-0.39, 0.29) is 29.0 Å². The molecule has 28 heavy (non-hydrogen) atoms. The van der Waals surface area contributed by atoms with Gasteiger partial charge < -0.3 is 15.4 Å². The number of hydrogen-bond donors (Lipinski definition) is 3. The summed E-state index contributed by atoms with van der Waals surface area (Å²) in [4.78, 5) is 27.5. The number of hydrogen-bond acceptors (Lipinski definition) is 4. The van der Waals surface area contributed by atoms with E-state index in [9.17, 15) is 27.9 Å². The van der Waals surface area contributed by atoms with E-state index in [1.807, 2.05) is 0 Å². The Labute approximate surface area is 161 Å². The maximum absolute atomic E-state index is 12.8. The minimum absolute atomic E-state index is 0.0788. The number of benzene rings is 2. The molecule has 0 fully saturated rings. The van der Waals surface area contributed by atoms with Gasteiger partial charge in [0, 0.05) is 13.0 Å². The monoisotopic (exact) mass is 409 g/mol. The summed E-state index contributed by atoms with van der Waals surface area (Å²) in [5.41, 5.74) is -1.19. The molecule has 146 valence electrons. The van der Waals surface area contributed by atoms with Crippen molar-refractivity contribution in [3.63, 3.8) is 0 Å². The topological polar surface area (TPSA) is 87.1 Å². The fraction of sp³-hybridized carbons (Fsp3) is 0.167. The van der Waals surface area contributed by atoms with Gasteiger partial charge >= 0.3 is 6.18 Å². The zero-order valence-electron chi connectivity index (χ0n) is 14.2. The minimum Gasteiger partial charge on any atom is -0.506 e. The molecule has 3 aromatic rings. The van der Waals surface area contributed by atoms with Gasteiger partial charge in [-0.25, -0.2) is 0 Å². The number of phenolic OH excluding ortho intramolecular Hbond substituents is 1. The predicted octanol–water partition coefficient (Wildman–Crippen LogP) is 3.81. The molecule has 0 unspecified atom stereocenters. The molecular weight excluding hydrogens is 395 g/mol. The SMILES string of the molecule is O=C(CCn1c(=S)[nH]c2ccccc2c1=O)Nc1cc(C(F)(F)F)ccc1O. The zero-order valence-corrected chi connectivity index (χ0v) is 15.0. The Morgan fingerprint density at radius 2 is 1.93 bits per heavy atom. The number of carbonyl (C=O) groups is 1. The predicted molar refractivity (Wildman–Crippen MR) is 99.7 cm³/mol. The largest absolute Gasteiger partial charge is 0.506 e. The van der Waals surface area contributed by atoms with E-state index in [0.717, 1.165) is 6.07 Å². The molecule has 0 aliphatic carbocycles. The minimum atomic E-state index is -4.61. The lowest BCUT2D eigenvalue weighted by atomic mass is 10.1. The van der Waals surface area contributed by atoms with Gasteiger partial charge in [-0.15, -0.1) is 0 Å². The normalized spacial score (nSPS) is 11.5. The van der Waals surface area contributed by atoms with E-state index >= 15 is 0 Å². The van der Waals surface area contributed by atoms with Gasteiger partial charge in [-0.05, 0) is 42.5 Å². The van der Waals surface area contributed by atoms with Gasteiger partial charge in [0.25, 0.3) is 5.56 Å². The molecule has 0 saturated carbocycles. The molecule has 1 aromatic heterocycles. The molecule has 6 nitrogen and oxygen atoms in total. The first kappa shape index (κ1) is 19.6. The van der Waals surface area contributed by atoms with Crippen LogP contribution in [0.15, 0.2) is 47.3 Å². The van der Waals surface area contributed by atoms with Crippen LogP contribution in [0.4, 0.5) is 18.9 Å². The second-order valence-electron chi connectivity index (χ2n) is 5.96. The van der Waals surface area contributed by atoms with Gasteiger partial charge in [0.15, 0.2) is 4.77 Å². The number of amides is 1. The van der Waals surface area contributed by atoms with Gasteiger partial charge in [0.2, 0.25) is 5.91 Å². The van der Waals surface area contributed by atoms with Gasteiger partial charge in [-0.3, -0.25) is 14.2 Å². The standard InChI is InChI=1S/C18H14F3N3O3S/c19-18(20,21)10-5-6-14(25)13(9-10)22-15(26)7-8-24-16(27)11-3-1-2-4-12(11)23-17(24)28/h1-6,9,25H,7-8H2,(H,22,26)(H,23,28). The Morgan fingerprint density at radius 3 is 2.64 bits per heavy atom. The molecule has 3 N–H and O–H groups in total. The Bertz CT molecular complexity index is 1170. The molecule has 1 heterocycles. The van der Waals surface area contributed by atoms with E-state index < -0.39 is 23.4 Å². The Morgan fingerprint density at radius 1 is 1.21 bits per heavy atom. The number of H-pyrrole nitrogens is 1. The van der Waals surface area contributed by atoms with Crippen LogP contribution in [0.3, 0.4) is 0 Å². The van der Waals surface area contributed by atoms with Crippen LogP contribution in [0.1, 0.15) is 12.0 Å². The van der Waals surface area contributed by atoms with Crippen molar-refractivity contribution in [2.45, 2.75) is 19.1 Å². The molecule has 1 amide bonds. The quantitative estimate of drug-likeness (QED) is 0.452. The van der Waals surface area contributed by atoms with Crippen molar-refractivity contribution in [1.82, 2.24) is 9.55 Å². The second kappa shape index (κ2) is 7.47. The van der Waals surface area contributed by atoms with Gasteiger partial charge in [0.1, 0.15) is 5.75 Å². The zero-order chi connectivity index (χ0) is 20.5. The summed E-state index contributed by atoms with van der Waals surface area (Å²) < 4.78 is 39.6. The van der Waals surface area contributed by atoms with Crippen LogP contribution < -0.4 is 10.9 Å². The first-order valence-corrected chi connectivity index (χ1v) is 8.49. The van der Waals surface area contributed by atoms with Gasteiger partial charge in [0.05, 0.1) is 22.2 Å². The first-order chi connectivity index (χ1) is 13.2. The van der Waals surface area contributed by atoms with Crippen LogP contribution in [-0.2, 0) is 17.5 Å². The number of nitrogens with one attached hydrogen (secondary N) is 2. The Hall–Kier alpha value is -3.14. The summed E-state index contributed by atoms with van der Waals surface area (Å²) in [7, 11) is 0. The molecule has 10 heteroatoms. The molecule has 0 radical (unpaired) electrons. The van der Waals surface area contributed by atoms with Crippen LogP contribution in [0.2, 0.25) is 0 Å². The Balaban J connectivity index is 1.78. The van der Waals surface area contributed by atoms with E-state index in [4.69, 9.17) is 12.2 Å². The number of fused-ring (bicyclic) bond motifs is 1. The van der Waals surface area contributed by atoms with Gasteiger partial charge in [-0.2, -0.15) is 13.2 Å². The van der Waals surface area contributed by atoms with Crippen LogP contribution >= 0.6 is 12.2 Å². The number of anilines is 1. The van der Waals surface area contributed by atoms with Crippen molar-refractivity contribution in [1.29, 1.82) is 0 Å². The van der Waals surface area contributed by atoms with Crippen molar-refractivity contribution in [3.05, 3.63) is 63.2 Å². The van der Waals surface area contributed by atoms with Crippen LogP contribution in [0.25, 0.3) is 10.9 Å². The summed E-state index contributed by atoms with van der Waals surface area (Å²) in [6.07, 6.45) is -4.84. The second-order valence-corrected chi connectivity index (χ2v) is 6.35. The van der Waals surface area contributed by atoms with E-state index in [1.54, 1.807) is 24.3 Å². The lowest BCUT2D eigenvalue weighted by Crippen LogP contribution is -2.25. The average Bonchev–Trinajstić information content (AvgIpc) is 2.62. The molecule has 0 saturated heterocycles. The Kier molecular flexibility index (Phi) is 5.23. The number of rotatable bonds is 4. The number of nitrogens with zero attached hydrogens (tertiary/aromatic N) is 1. The summed E-state index contributed by atoms with van der Waals surface area (Å²) in [5.74, 6) is -1.18. The number of phenols is 1. The highest BCUT2D eigenvalue weighted by Gasteiger charge is 2.31. The number of carbonyl (C=O) groups excluding carboxylic acids is 1. The molecular formula is C18H14F3N3O3S. The van der Waals surface area contributed by atoms with Crippen LogP contribution in [0, 0.1) is 4.77 Å². The third kappa shape index (κ3) is 4.06. The average molecular weight is 409 g/mol. The van der Waals surface area contributed by atoms with Crippen LogP contribution in [-0.4, -0.2) is 20.6 Å². The number of aromatic amines is 1. The lowest BCUT2D eigenvalue weighted by molar-refractivity contribution is -0.137. The number of aromatic nitrogens is 2. The maximum atomic E-state index is 12.8. The highest BCUT2D eigenvalue weighted by Crippen LogP contribution is 2.34. The summed E-state index contributed by atoms with van der Waals surface area (Å²) in [6, 6.07) is 8.93. The number of aromatic hydroxyl groups is 1. The van der Waals surface area contributed by atoms with Crippen LogP contribution in [0.5, 0.6) is 5.75 Å². The molecule has 3 rings (SSSR count). The highest BCUT2D eigenvalue weighted by molar-refractivity contribution is 7.71. The van der Waals surface area contributed by atoms with E-state index in [0.29, 0.717) is 23.0 Å². The number of halogens is 3. The summed E-state index contributed by atoms with van der Waals surface area (Å²) in [6.45, 7) is -0.0788. The van der Waals surface area contributed by atoms with Crippen molar-refractivity contribution in [2.75, 3.05) is 5.32 Å². The fourth-order valence-corrected chi connectivity index (χ4v) is 2.92. The first-order valence-electron chi connectivity index (χ1n) is 8.09. The lowest BCUT2D eigenvalue weighted by Gasteiger charge is -2.12. The molecule has 2 aromatic carbocycles.